The highest BCUT2D eigenvalue weighted by molar-refractivity contribution is 6.08. The van der Waals surface area contributed by atoms with Crippen molar-refractivity contribution in [1.29, 1.82) is 0 Å². The molecule has 0 bridgehead atoms. The molecule has 1 aliphatic rings. The summed E-state index contributed by atoms with van der Waals surface area (Å²) >= 11 is 0. The zero-order valence-corrected chi connectivity index (χ0v) is 17.9. The van der Waals surface area contributed by atoms with E-state index in [9.17, 15) is 18.0 Å². The second-order valence-corrected chi connectivity index (χ2v) is 7.51. The minimum atomic E-state index is -4.49. The third-order valence-corrected chi connectivity index (χ3v) is 5.56. The normalized spacial score (nSPS) is 13.6. The van der Waals surface area contributed by atoms with Crippen LogP contribution >= 0.6 is 0 Å². The van der Waals surface area contributed by atoms with Crippen molar-refractivity contribution in [2.24, 2.45) is 0 Å². The van der Waals surface area contributed by atoms with E-state index in [-0.39, 0.29) is 17.1 Å². The van der Waals surface area contributed by atoms with Crippen molar-refractivity contribution in [3.05, 3.63) is 65.0 Å². The number of benzene rings is 2. The van der Waals surface area contributed by atoms with Gasteiger partial charge in [-0.2, -0.15) is 18.3 Å². The Morgan fingerprint density at radius 1 is 1.09 bits per heavy atom. The van der Waals surface area contributed by atoms with Gasteiger partial charge in [0.05, 0.1) is 37.4 Å². The van der Waals surface area contributed by atoms with Crippen molar-refractivity contribution in [1.82, 2.24) is 9.78 Å². The first-order chi connectivity index (χ1) is 15.2. The molecule has 32 heavy (non-hydrogen) atoms. The molecule has 168 valence electrons. The fourth-order valence-corrected chi connectivity index (χ4v) is 3.96. The Morgan fingerprint density at radius 3 is 2.53 bits per heavy atom. The maximum absolute atomic E-state index is 13.5. The molecular weight excluding hydrogens is 423 g/mol. The van der Waals surface area contributed by atoms with Gasteiger partial charge >= 0.3 is 6.18 Å². The van der Waals surface area contributed by atoms with Gasteiger partial charge in [0.1, 0.15) is 5.75 Å². The molecule has 0 N–H and O–H groups in total. The van der Waals surface area contributed by atoms with Gasteiger partial charge in [0.25, 0.3) is 5.91 Å². The number of ether oxygens (including phenoxy) is 2. The molecule has 0 saturated carbocycles. The maximum atomic E-state index is 13.5. The van der Waals surface area contributed by atoms with E-state index in [0.717, 1.165) is 36.1 Å². The summed E-state index contributed by atoms with van der Waals surface area (Å²) in [6.45, 7) is 2.44. The molecule has 3 aromatic rings. The van der Waals surface area contributed by atoms with Gasteiger partial charge in [0, 0.05) is 6.54 Å². The fourth-order valence-electron chi connectivity index (χ4n) is 3.96. The molecule has 9 heteroatoms. The number of amides is 1. The molecule has 1 aliphatic heterocycles. The molecule has 0 atom stereocenters. The highest BCUT2D eigenvalue weighted by atomic mass is 19.4. The molecule has 0 unspecified atom stereocenters. The number of aryl methyl sites for hydroxylation is 1. The van der Waals surface area contributed by atoms with Crippen LogP contribution in [0.15, 0.2) is 42.6 Å². The van der Waals surface area contributed by atoms with E-state index in [2.05, 4.69) is 5.10 Å². The molecule has 6 nitrogen and oxygen atoms in total. The number of anilines is 1. The van der Waals surface area contributed by atoms with Crippen molar-refractivity contribution in [3.63, 3.8) is 0 Å². The number of carbonyl (C=O) groups excluding carboxylic acids is 1. The van der Waals surface area contributed by atoms with Gasteiger partial charge in [-0.05, 0) is 55.2 Å². The van der Waals surface area contributed by atoms with Crippen molar-refractivity contribution in [2.75, 3.05) is 25.7 Å². The summed E-state index contributed by atoms with van der Waals surface area (Å²) in [4.78, 5) is 15.1. The van der Waals surface area contributed by atoms with E-state index in [0.29, 0.717) is 18.0 Å². The first-order valence-corrected chi connectivity index (χ1v) is 10.0. The number of halogens is 3. The molecule has 0 aliphatic carbocycles. The average molecular weight is 445 g/mol. The topological polar surface area (TPSA) is 56.6 Å². The quantitative estimate of drug-likeness (QED) is 0.579. The van der Waals surface area contributed by atoms with E-state index in [1.807, 2.05) is 19.1 Å². The lowest BCUT2D eigenvalue weighted by molar-refractivity contribution is -0.137. The molecule has 2 heterocycles. The fraction of sp³-hybridized carbons (Fsp3) is 0.304. The van der Waals surface area contributed by atoms with E-state index < -0.39 is 17.6 Å². The number of methoxy groups -OCH3 is 2. The van der Waals surface area contributed by atoms with E-state index in [1.165, 1.54) is 30.1 Å². The lowest BCUT2D eigenvalue weighted by atomic mass is 9.96. The Morgan fingerprint density at radius 2 is 1.84 bits per heavy atom. The molecule has 1 amide bonds. The van der Waals surface area contributed by atoms with E-state index in [1.54, 1.807) is 12.0 Å². The Kier molecular flexibility index (Phi) is 5.58. The number of hydrogen-bond donors (Lipinski definition) is 0. The van der Waals surface area contributed by atoms with E-state index in [4.69, 9.17) is 9.47 Å². The maximum Gasteiger partial charge on any atom is 0.416 e. The first-order valence-electron chi connectivity index (χ1n) is 10.0. The monoisotopic (exact) mass is 445 g/mol. The summed E-state index contributed by atoms with van der Waals surface area (Å²) in [6.07, 6.45) is -1.50. The Balaban J connectivity index is 1.76. The Labute approximate surface area is 183 Å². The Hall–Kier alpha value is -3.49. The molecule has 2 aromatic carbocycles. The molecular formula is C23H22F3N3O3. The van der Waals surface area contributed by atoms with Crippen LogP contribution in [0.4, 0.5) is 18.9 Å². The standard InChI is InChI=1S/C23H22F3N3O3/c1-14-9-10-18(31-2)21-17(14)8-5-11-28(21)22(30)20-19(32-3)13-29(27-20)16-7-4-6-15(12-16)23(24,25)26/h4,6-7,9-10,12-13H,5,8,11H2,1-3H3. The smallest absolute Gasteiger partial charge is 0.416 e. The summed E-state index contributed by atoms with van der Waals surface area (Å²) < 4.78 is 51.4. The summed E-state index contributed by atoms with van der Waals surface area (Å²) in [6, 6.07) is 8.51. The van der Waals surface area contributed by atoms with Crippen LogP contribution in [0.2, 0.25) is 0 Å². The molecule has 1 aromatic heterocycles. The zero-order chi connectivity index (χ0) is 23.0. The SMILES string of the molecule is COc1cn(-c2cccc(C(F)(F)F)c2)nc1C(=O)N1CCCc2c(C)ccc(OC)c21. The van der Waals surface area contributed by atoms with Crippen LogP contribution in [0, 0.1) is 6.92 Å². The number of hydrogen-bond acceptors (Lipinski definition) is 4. The second kappa shape index (κ2) is 8.22. The number of carbonyl (C=O) groups is 1. The number of nitrogens with zero attached hydrogens (tertiary/aromatic N) is 3. The van der Waals surface area contributed by atoms with Gasteiger partial charge in [-0.3, -0.25) is 4.79 Å². The lowest BCUT2D eigenvalue weighted by Crippen LogP contribution is -2.36. The highest BCUT2D eigenvalue weighted by Gasteiger charge is 2.33. The minimum absolute atomic E-state index is 0.0151. The lowest BCUT2D eigenvalue weighted by Gasteiger charge is -2.31. The van der Waals surface area contributed by atoms with Crippen LogP contribution < -0.4 is 14.4 Å². The van der Waals surface area contributed by atoms with Crippen LogP contribution in [0.1, 0.15) is 33.6 Å². The number of rotatable bonds is 4. The first kappa shape index (κ1) is 21.7. The van der Waals surface area contributed by atoms with Crippen LogP contribution in [0.25, 0.3) is 5.69 Å². The van der Waals surface area contributed by atoms with Gasteiger partial charge in [0.2, 0.25) is 0 Å². The second-order valence-electron chi connectivity index (χ2n) is 7.51. The summed E-state index contributed by atoms with van der Waals surface area (Å²) in [5.41, 5.74) is 2.16. The summed E-state index contributed by atoms with van der Waals surface area (Å²) in [7, 11) is 2.93. The van der Waals surface area contributed by atoms with Crippen LogP contribution in [-0.4, -0.2) is 36.5 Å². The van der Waals surface area contributed by atoms with Gasteiger partial charge in [-0.15, -0.1) is 0 Å². The zero-order valence-electron chi connectivity index (χ0n) is 17.9. The van der Waals surface area contributed by atoms with Crippen LogP contribution in [0.5, 0.6) is 11.5 Å². The van der Waals surface area contributed by atoms with Gasteiger partial charge < -0.3 is 14.4 Å². The molecule has 0 saturated heterocycles. The van der Waals surface area contributed by atoms with Crippen molar-refractivity contribution in [3.8, 4) is 17.2 Å². The van der Waals surface area contributed by atoms with Gasteiger partial charge in [-0.25, -0.2) is 4.68 Å². The predicted molar refractivity (Wildman–Crippen MR) is 113 cm³/mol. The average Bonchev–Trinajstić information content (AvgIpc) is 3.23. The van der Waals surface area contributed by atoms with Gasteiger partial charge in [-0.1, -0.05) is 12.1 Å². The van der Waals surface area contributed by atoms with Crippen molar-refractivity contribution in [2.45, 2.75) is 25.9 Å². The minimum Gasteiger partial charge on any atom is -0.495 e. The number of aromatic nitrogens is 2. The third kappa shape index (κ3) is 3.79. The van der Waals surface area contributed by atoms with Crippen LogP contribution in [0.3, 0.4) is 0 Å². The van der Waals surface area contributed by atoms with Crippen molar-refractivity contribution < 1.29 is 27.4 Å². The largest absolute Gasteiger partial charge is 0.495 e. The molecule has 0 radical (unpaired) electrons. The van der Waals surface area contributed by atoms with Crippen molar-refractivity contribution >= 4 is 11.6 Å². The highest BCUT2D eigenvalue weighted by Crippen LogP contribution is 2.39. The number of alkyl halides is 3. The molecule has 0 fully saturated rings. The number of fused-ring (bicyclic) bond motifs is 1. The molecule has 4 rings (SSSR count). The predicted octanol–water partition coefficient (Wildman–Crippen LogP) is 4.81. The van der Waals surface area contributed by atoms with E-state index >= 15 is 0 Å². The Bertz CT molecular complexity index is 1170. The van der Waals surface area contributed by atoms with Gasteiger partial charge in [0.15, 0.2) is 11.4 Å². The summed E-state index contributed by atoms with van der Waals surface area (Å²) in [5.74, 6) is 0.346. The third-order valence-electron chi connectivity index (χ3n) is 5.56. The summed E-state index contributed by atoms with van der Waals surface area (Å²) in [5, 5.41) is 4.29. The molecule has 0 spiro atoms. The van der Waals surface area contributed by atoms with Crippen LogP contribution in [-0.2, 0) is 12.6 Å².